The molecule has 2 aromatic rings. The number of oxazole rings is 1. The van der Waals surface area contributed by atoms with Crippen LogP contribution in [0.15, 0.2) is 10.5 Å². The lowest BCUT2D eigenvalue weighted by Gasteiger charge is -2.04. The van der Waals surface area contributed by atoms with Gasteiger partial charge in [-0.15, -0.1) is 0 Å². The highest BCUT2D eigenvalue weighted by molar-refractivity contribution is 5.92. The number of hydrogen-bond acceptors (Lipinski definition) is 4. The zero-order valence-electron chi connectivity index (χ0n) is 13.2. The van der Waals surface area contributed by atoms with Crippen molar-refractivity contribution in [1.29, 1.82) is 0 Å². The van der Waals surface area contributed by atoms with E-state index in [4.69, 9.17) is 4.42 Å². The molecule has 1 amide bonds. The van der Waals surface area contributed by atoms with Crippen LogP contribution in [0.5, 0.6) is 0 Å². The first kappa shape index (κ1) is 15.3. The fourth-order valence-corrected chi connectivity index (χ4v) is 2.00. The van der Waals surface area contributed by atoms with E-state index < -0.39 is 0 Å². The smallest absolute Gasteiger partial charge is 0.269 e. The van der Waals surface area contributed by atoms with E-state index in [0.717, 1.165) is 17.1 Å². The van der Waals surface area contributed by atoms with E-state index in [-0.39, 0.29) is 12.5 Å². The Hall–Kier alpha value is -2.11. The molecule has 0 fully saturated rings. The van der Waals surface area contributed by atoms with Crippen LogP contribution < -0.4 is 5.32 Å². The second kappa shape index (κ2) is 6.11. The molecule has 0 unspecified atom stereocenters. The summed E-state index contributed by atoms with van der Waals surface area (Å²) in [7, 11) is 0. The molecule has 1 N–H and O–H groups in total. The molecule has 0 bridgehead atoms. The lowest BCUT2D eigenvalue weighted by molar-refractivity contribution is 0.0936. The largest absolute Gasteiger partial charge is 0.444 e. The van der Waals surface area contributed by atoms with Crippen molar-refractivity contribution < 1.29 is 9.21 Å². The van der Waals surface area contributed by atoms with Gasteiger partial charge in [0.25, 0.3) is 5.91 Å². The summed E-state index contributed by atoms with van der Waals surface area (Å²) in [5.41, 5.74) is 2.34. The van der Waals surface area contributed by atoms with E-state index in [1.165, 1.54) is 0 Å². The quantitative estimate of drug-likeness (QED) is 0.918. The highest BCUT2D eigenvalue weighted by Gasteiger charge is 2.16. The van der Waals surface area contributed by atoms with Crippen LogP contribution >= 0.6 is 0 Å². The Morgan fingerprint density at radius 2 is 2.14 bits per heavy atom. The number of rotatable bonds is 5. The molecule has 0 saturated heterocycles. The van der Waals surface area contributed by atoms with Gasteiger partial charge in [0.15, 0.2) is 0 Å². The molecule has 114 valence electrons. The molecule has 0 aliphatic rings. The molecule has 2 heterocycles. The highest BCUT2D eigenvalue weighted by atomic mass is 16.4. The monoisotopic (exact) mass is 290 g/mol. The number of carbonyl (C=O) groups is 1. The fourth-order valence-electron chi connectivity index (χ4n) is 2.00. The highest BCUT2D eigenvalue weighted by Crippen LogP contribution is 2.15. The number of nitrogens with zero attached hydrogens (tertiary/aromatic N) is 3. The first-order chi connectivity index (χ1) is 9.92. The molecule has 21 heavy (non-hydrogen) atoms. The van der Waals surface area contributed by atoms with Crippen molar-refractivity contribution in [3.63, 3.8) is 0 Å². The lowest BCUT2D eigenvalue weighted by Crippen LogP contribution is -2.25. The maximum atomic E-state index is 12.3. The second-order valence-electron chi connectivity index (χ2n) is 5.36. The van der Waals surface area contributed by atoms with Gasteiger partial charge < -0.3 is 9.73 Å². The normalized spacial score (nSPS) is 11.1. The van der Waals surface area contributed by atoms with Gasteiger partial charge in [0.2, 0.25) is 5.89 Å². The van der Waals surface area contributed by atoms with Gasteiger partial charge >= 0.3 is 0 Å². The van der Waals surface area contributed by atoms with Gasteiger partial charge in [-0.2, -0.15) is 5.10 Å². The topological polar surface area (TPSA) is 73.0 Å². The van der Waals surface area contributed by atoms with Gasteiger partial charge in [0.05, 0.1) is 17.9 Å². The Labute approximate surface area is 124 Å². The molecule has 0 spiro atoms. The number of carbonyl (C=O) groups excluding carboxylic acids is 1. The molecule has 0 aromatic carbocycles. The third kappa shape index (κ3) is 3.32. The third-order valence-corrected chi connectivity index (χ3v) is 3.40. The number of hydrogen-bond donors (Lipinski definition) is 1. The Bertz CT molecular complexity index is 621. The number of aromatic nitrogens is 3. The van der Waals surface area contributed by atoms with Crippen molar-refractivity contribution in [2.45, 2.75) is 53.6 Å². The summed E-state index contributed by atoms with van der Waals surface area (Å²) in [4.78, 5) is 16.5. The minimum Gasteiger partial charge on any atom is -0.444 e. The zero-order chi connectivity index (χ0) is 15.6. The molecule has 2 rings (SSSR count). The maximum absolute atomic E-state index is 12.3. The van der Waals surface area contributed by atoms with E-state index in [1.54, 1.807) is 4.68 Å². The van der Waals surface area contributed by atoms with E-state index in [1.807, 2.05) is 26.8 Å². The van der Waals surface area contributed by atoms with E-state index in [0.29, 0.717) is 24.0 Å². The predicted molar refractivity (Wildman–Crippen MR) is 79.1 cm³/mol. The maximum Gasteiger partial charge on any atom is 0.269 e. The fraction of sp³-hybridized carbons (Fsp3) is 0.533. The summed E-state index contributed by atoms with van der Waals surface area (Å²) in [5.74, 6) is 1.43. The Morgan fingerprint density at radius 3 is 2.67 bits per heavy atom. The van der Waals surface area contributed by atoms with Crippen LogP contribution in [-0.2, 0) is 13.1 Å². The molecular weight excluding hydrogens is 268 g/mol. The Balaban J connectivity index is 2.09. The van der Waals surface area contributed by atoms with Gasteiger partial charge in [-0.3, -0.25) is 9.48 Å². The van der Waals surface area contributed by atoms with Crippen LogP contribution in [-0.4, -0.2) is 20.7 Å². The standard InChI is InChI=1S/C15H22N4O2/c1-6-19-13(7-12(18-19)9(2)3)15(20)16-8-14-17-10(4)11(5)21-14/h7,9H,6,8H2,1-5H3,(H,16,20). The minimum atomic E-state index is -0.162. The van der Waals surface area contributed by atoms with Crippen LogP contribution in [0.25, 0.3) is 0 Å². The van der Waals surface area contributed by atoms with Crippen molar-refractivity contribution in [3.8, 4) is 0 Å². The summed E-state index contributed by atoms with van der Waals surface area (Å²) in [5, 5.41) is 7.27. The first-order valence-corrected chi connectivity index (χ1v) is 7.21. The third-order valence-electron chi connectivity index (χ3n) is 3.40. The molecule has 0 aliphatic carbocycles. The van der Waals surface area contributed by atoms with Crippen molar-refractivity contribution in [2.24, 2.45) is 0 Å². The van der Waals surface area contributed by atoms with Crippen LogP contribution in [0, 0.1) is 13.8 Å². The van der Waals surface area contributed by atoms with Gasteiger partial charge in [-0.05, 0) is 32.8 Å². The summed E-state index contributed by atoms with van der Waals surface area (Å²) < 4.78 is 7.17. The van der Waals surface area contributed by atoms with Crippen LogP contribution in [0.2, 0.25) is 0 Å². The van der Waals surface area contributed by atoms with Gasteiger partial charge in [0, 0.05) is 6.54 Å². The zero-order valence-corrected chi connectivity index (χ0v) is 13.2. The van der Waals surface area contributed by atoms with Crippen molar-refractivity contribution in [3.05, 3.63) is 34.8 Å². The number of amides is 1. The molecule has 0 radical (unpaired) electrons. The van der Waals surface area contributed by atoms with Gasteiger partial charge in [0.1, 0.15) is 11.5 Å². The minimum absolute atomic E-state index is 0.162. The Kier molecular flexibility index (Phi) is 4.45. The summed E-state index contributed by atoms with van der Waals surface area (Å²) in [6.45, 7) is 10.8. The van der Waals surface area contributed by atoms with Crippen LogP contribution in [0.4, 0.5) is 0 Å². The average molecular weight is 290 g/mol. The molecule has 0 saturated carbocycles. The Morgan fingerprint density at radius 1 is 1.43 bits per heavy atom. The van der Waals surface area contributed by atoms with Crippen molar-refractivity contribution >= 4 is 5.91 Å². The number of nitrogens with one attached hydrogen (secondary N) is 1. The van der Waals surface area contributed by atoms with Crippen molar-refractivity contribution in [2.75, 3.05) is 0 Å². The van der Waals surface area contributed by atoms with Crippen LogP contribution in [0.3, 0.4) is 0 Å². The summed E-state index contributed by atoms with van der Waals surface area (Å²) in [6.07, 6.45) is 0. The number of aryl methyl sites for hydroxylation is 3. The molecule has 0 aliphatic heterocycles. The molecule has 6 nitrogen and oxygen atoms in total. The summed E-state index contributed by atoms with van der Waals surface area (Å²) >= 11 is 0. The van der Waals surface area contributed by atoms with E-state index in [9.17, 15) is 4.79 Å². The predicted octanol–water partition coefficient (Wildman–Crippen LogP) is 2.56. The van der Waals surface area contributed by atoms with Crippen molar-refractivity contribution in [1.82, 2.24) is 20.1 Å². The summed E-state index contributed by atoms with van der Waals surface area (Å²) in [6, 6.07) is 1.84. The van der Waals surface area contributed by atoms with Gasteiger partial charge in [-0.25, -0.2) is 4.98 Å². The van der Waals surface area contributed by atoms with Gasteiger partial charge in [-0.1, -0.05) is 13.8 Å². The molecule has 2 aromatic heterocycles. The average Bonchev–Trinajstić information content (AvgIpc) is 3.00. The van der Waals surface area contributed by atoms with E-state index in [2.05, 4.69) is 29.2 Å². The second-order valence-corrected chi connectivity index (χ2v) is 5.36. The first-order valence-electron chi connectivity index (χ1n) is 7.21. The molecular formula is C15H22N4O2. The lowest BCUT2D eigenvalue weighted by atomic mass is 10.1. The van der Waals surface area contributed by atoms with Crippen LogP contribution in [0.1, 0.15) is 60.2 Å². The molecule has 0 atom stereocenters. The SMILES string of the molecule is CCn1nc(C(C)C)cc1C(=O)NCc1nc(C)c(C)o1. The molecule has 6 heteroatoms. The van der Waals surface area contributed by atoms with E-state index >= 15 is 0 Å².